The van der Waals surface area contributed by atoms with E-state index in [2.05, 4.69) is 10.6 Å². The van der Waals surface area contributed by atoms with Crippen LogP contribution in [0.2, 0.25) is 5.02 Å². The van der Waals surface area contributed by atoms with Gasteiger partial charge in [0.2, 0.25) is 5.91 Å². The summed E-state index contributed by atoms with van der Waals surface area (Å²) in [6.45, 7) is 1.16. The van der Waals surface area contributed by atoms with E-state index in [9.17, 15) is 9.59 Å². The number of benzene rings is 1. The summed E-state index contributed by atoms with van der Waals surface area (Å²) in [4.78, 5) is 25.2. The van der Waals surface area contributed by atoms with Crippen LogP contribution < -0.4 is 10.6 Å². The third kappa shape index (κ3) is 5.48. The predicted octanol–water partition coefficient (Wildman–Crippen LogP) is 2.40. The molecule has 1 aromatic carbocycles. The van der Waals surface area contributed by atoms with Crippen molar-refractivity contribution in [1.82, 2.24) is 10.2 Å². The lowest BCUT2D eigenvalue weighted by molar-refractivity contribution is -0.115. The third-order valence-corrected chi connectivity index (χ3v) is 3.63. The first-order chi connectivity index (χ1) is 9.97. The van der Waals surface area contributed by atoms with E-state index in [4.69, 9.17) is 11.6 Å². The van der Waals surface area contributed by atoms with Crippen molar-refractivity contribution in [2.24, 2.45) is 5.92 Å². The van der Waals surface area contributed by atoms with Crippen molar-refractivity contribution >= 4 is 41.5 Å². The summed E-state index contributed by atoms with van der Waals surface area (Å²) in [5.74, 6) is 0.418. The van der Waals surface area contributed by atoms with Crippen molar-refractivity contribution in [3.05, 3.63) is 28.8 Å². The van der Waals surface area contributed by atoms with Gasteiger partial charge in [-0.25, -0.2) is 0 Å². The van der Waals surface area contributed by atoms with Gasteiger partial charge < -0.3 is 15.5 Å². The van der Waals surface area contributed by atoms with E-state index < -0.39 is 0 Å². The topological polar surface area (TPSA) is 61.4 Å². The summed E-state index contributed by atoms with van der Waals surface area (Å²) in [6, 6.07) is 4.91. The van der Waals surface area contributed by atoms with Crippen LogP contribution in [-0.4, -0.2) is 43.9 Å². The smallest absolute Gasteiger partial charge is 0.254 e. The minimum absolute atomic E-state index is 0. The van der Waals surface area contributed by atoms with Gasteiger partial charge in [0.25, 0.3) is 5.91 Å². The molecule has 2 N–H and O–H groups in total. The van der Waals surface area contributed by atoms with Crippen LogP contribution >= 0.6 is 24.0 Å². The highest BCUT2D eigenvalue weighted by atomic mass is 35.5. The molecule has 0 aromatic heterocycles. The largest absolute Gasteiger partial charge is 0.345 e. The normalized spacial score (nSPS) is 13.2. The summed E-state index contributed by atoms with van der Waals surface area (Å²) in [6.07, 6.45) is 2.50. The number of halogens is 2. The molecule has 1 aliphatic rings. The van der Waals surface area contributed by atoms with Crippen molar-refractivity contribution in [3.8, 4) is 0 Å². The first-order valence-corrected chi connectivity index (χ1v) is 7.37. The van der Waals surface area contributed by atoms with Gasteiger partial charge in [-0.3, -0.25) is 9.59 Å². The van der Waals surface area contributed by atoms with E-state index in [0.717, 1.165) is 12.5 Å². The molecule has 0 unspecified atom stereocenters. The van der Waals surface area contributed by atoms with E-state index in [1.165, 1.54) is 17.7 Å². The third-order valence-electron chi connectivity index (χ3n) is 3.30. The van der Waals surface area contributed by atoms with Crippen LogP contribution in [0.15, 0.2) is 18.2 Å². The van der Waals surface area contributed by atoms with E-state index in [1.807, 2.05) is 0 Å². The highest BCUT2D eigenvalue weighted by Gasteiger charge is 2.20. The molecule has 0 atom stereocenters. The van der Waals surface area contributed by atoms with Gasteiger partial charge in [-0.05, 0) is 43.5 Å². The zero-order valence-corrected chi connectivity index (χ0v) is 14.3. The van der Waals surface area contributed by atoms with Crippen LogP contribution in [0.25, 0.3) is 0 Å². The van der Waals surface area contributed by atoms with Crippen molar-refractivity contribution in [2.45, 2.75) is 12.8 Å². The molecule has 2 amide bonds. The average molecular weight is 346 g/mol. The van der Waals surface area contributed by atoms with Crippen molar-refractivity contribution in [3.63, 3.8) is 0 Å². The molecule has 1 saturated carbocycles. The zero-order valence-electron chi connectivity index (χ0n) is 12.7. The number of nitrogens with zero attached hydrogens (tertiary/aromatic N) is 1. The van der Waals surface area contributed by atoms with Gasteiger partial charge in [-0.15, -0.1) is 12.4 Å². The Bertz CT molecular complexity index is 546. The maximum atomic E-state index is 12.0. The standard InChI is InChI=1S/C15H20ClN3O2.ClH/c1-19(2)15(21)12-7-11(5-6-13(12)16)18-14(20)9-17-8-10-3-4-10;/h5-7,10,17H,3-4,8-9H2,1-2H3,(H,18,20);1H. The van der Waals surface area contributed by atoms with Gasteiger partial charge in [0.1, 0.15) is 0 Å². The van der Waals surface area contributed by atoms with E-state index in [1.54, 1.807) is 32.3 Å². The van der Waals surface area contributed by atoms with Gasteiger partial charge in [0.05, 0.1) is 17.1 Å². The Labute approximate surface area is 141 Å². The number of carbonyl (C=O) groups is 2. The molecule has 2 rings (SSSR count). The molecular formula is C15H21Cl2N3O2. The van der Waals surface area contributed by atoms with Crippen molar-refractivity contribution in [1.29, 1.82) is 0 Å². The SMILES string of the molecule is CN(C)C(=O)c1cc(NC(=O)CNCC2CC2)ccc1Cl.Cl. The molecule has 0 aliphatic heterocycles. The summed E-state index contributed by atoms with van der Waals surface area (Å²) in [5.41, 5.74) is 0.952. The fourth-order valence-electron chi connectivity index (χ4n) is 1.92. The Morgan fingerprint density at radius 1 is 1.32 bits per heavy atom. The molecular weight excluding hydrogens is 325 g/mol. The molecule has 7 heteroatoms. The number of hydrogen-bond donors (Lipinski definition) is 2. The molecule has 22 heavy (non-hydrogen) atoms. The van der Waals surface area contributed by atoms with Gasteiger partial charge in [0.15, 0.2) is 0 Å². The quantitative estimate of drug-likeness (QED) is 0.832. The highest BCUT2D eigenvalue weighted by molar-refractivity contribution is 6.34. The van der Waals surface area contributed by atoms with Gasteiger partial charge in [-0.2, -0.15) is 0 Å². The van der Waals surface area contributed by atoms with Crippen LogP contribution in [0.4, 0.5) is 5.69 Å². The molecule has 0 saturated heterocycles. The summed E-state index contributed by atoms with van der Waals surface area (Å²) < 4.78 is 0. The second-order valence-electron chi connectivity index (χ2n) is 5.52. The number of rotatable bonds is 6. The molecule has 1 aliphatic carbocycles. The maximum Gasteiger partial charge on any atom is 0.254 e. The molecule has 122 valence electrons. The van der Waals surface area contributed by atoms with E-state index in [-0.39, 0.29) is 30.8 Å². The Morgan fingerprint density at radius 3 is 2.59 bits per heavy atom. The van der Waals surface area contributed by atoms with Gasteiger partial charge in [0, 0.05) is 19.8 Å². The number of amides is 2. The number of nitrogens with one attached hydrogen (secondary N) is 2. The predicted molar refractivity (Wildman–Crippen MR) is 90.9 cm³/mol. The monoisotopic (exact) mass is 345 g/mol. The Balaban J connectivity index is 0.00000242. The van der Waals surface area contributed by atoms with Crippen molar-refractivity contribution < 1.29 is 9.59 Å². The Morgan fingerprint density at radius 2 is 2.00 bits per heavy atom. The fourth-order valence-corrected chi connectivity index (χ4v) is 2.12. The zero-order chi connectivity index (χ0) is 15.4. The van der Waals surface area contributed by atoms with Crippen LogP contribution in [0.5, 0.6) is 0 Å². The van der Waals surface area contributed by atoms with E-state index >= 15 is 0 Å². The minimum Gasteiger partial charge on any atom is -0.345 e. The molecule has 1 fully saturated rings. The average Bonchev–Trinajstić information content (AvgIpc) is 3.24. The molecule has 0 spiro atoms. The first kappa shape index (κ1) is 18.7. The second-order valence-corrected chi connectivity index (χ2v) is 5.92. The molecule has 1 aromatic rings. The molecule has 0 bridgehead atoms. The lowest BCUT2D eigenvalue weighted by atomic mass is 10.1. The Kier molecular flexibility index (Phi) is 7.13. The highest BCUT2D eigenvalue weighted by Crippen LogP contribution is 2.27. The Hall–Kier alpha value is -1.30. The summed E-state index contributed by atoms with van der Waals surface area (Å²) in [5, 5.41) is 6.26. The maximum absolute atomic E-state index is 12.0. The summed E-state index contributed by atoms with van der Waals surface area (Å²) >= 11 is 6.02. The minimum atomic E-state index is -0.192. The fraction of sp³-hybridized carbons (Fsp3) is 0.467. The van der Waals surface area contributed by atoms with Crippen molar-refractivity contribution in [2.75, 3.05) is 32.5 Å². The molecule has 0 heterocycles. The second kappa shape index (κ2) is 8.36. The van der Waals surface area contributed by atoms with Crippen LogP contribution in [0.3, 0.4) is 0 Å². The number of anilines is 1. The van der Waals surface area contributed by atoms with Crippen LogP contribution in [0, 0.1) is 5.92 Å². The number of hydrogen-bond acceptors (Lipinski definition) is 3. The lowest BCUT2D eigenvalue weighted by Gasteiger charge is -2.13. The van der Waals surface area contributed by atoms with Crippen LogP contribution in [-0.2, 0) is 4.79 Å². The lowest BCUT2D eigenvalue weighted by Crippen LogP contribution is -2.29. The summed E-state index contributed by atoms with van der Waals surface area (Å²) in [7, 11) is 3.32. The molecule has 0 radical (unpaired) electrons. The first-order valence-electron chi connectivity index (χ1n) is 6.99. The van der Waals surface area contributed by atoms with Gasteiger partial charge in [-0.1, -0.05) is 11.6 Å². The van der Waals surface area contributed by atoms with Gasteiger partial charge >= 0.3 is 0 Å². The molecule has 5 nitrogen and oxygen atoms in total. The van der Waals surface area contributed by atoms with Crippen LogP contribution in [0.1, 0.15) is 23.2 Å². The number of carbonyl (C=O) groups excluding carboxylic acids is 2. The van der Waals surface area contributed by atoms with E-state index in [0.29, 0.717) is 16.3 Å².